The zero-order chi connectivity index (χ0) is 17.6. The number of aromatic hydroxyl groups is 1. The highest BCUT2D eigenvalue weighted by Crippen LogP contribution is 2.37. The van der Waals surface area contributed by atoms with E-state index in [2.05, 4.69) is 35.8 Å². The Bertz CT molecular complexity index is 1130. The molecule has 0 aliphatic rings. The van der Waals surface area contributed by atoms with Crippen molar-refractivity contribution < 1.29 is 5.11 Å². The summed E-state index contributed by atoms with van der Waals surface area (Å²) in [6, 6.07) is 12.8. The molecule has 0 spiro atoms. The first-order valence-corrected chi connectivity index (χ1v) is 8.25. The van der Waals surface area contributed by atoms with E-state index in [1.165, 1.54) is 0 Å². The summed E-state index contributed by atoms with van der Waals surface area (Å²) < 4.78 is 2.56. The van der Waals surface area contributed by atoms with Crippen LogP contribution in [0.5, 0.6) is 5.75 Å². The standard InChI is InChI=1S/C18H12BrN5O/c1-20-12-7-8-13-14(9-12)22-18(21-13)16-17(25)15(23-24(16)2)10-3-5-11(19)6-4-10/h3-9,25H,2H3,(H,21,22). The molecule has 7 heteroatoms. The van der Waals surface area contributed by atoms with Crippen molar-refractivity contribution in [1.82, 2.24) is 19.7 Å². The van der Waals surface area contributed by atoms with Gasteiger partial charge in [0, 0.05) is 17.1 Å². The van der Waals surface area contributed by atoms with Gasteiger partial charge in [0.1, 0.15) is 11.4 Å². The molecule has 0 unspecified atom stereocenters. The van der Waals surface area contributed by atoms with Crippen LogP contribution in [0.4, 0.5) is 5.69 Å². The van der Waals surface area contributed by atoms with E-state index < -0.39 is 0 Å². The highest BCUT2D eigenvalue weighted by molar-refractivity contribution is 9.10. The number of rotatable bonds is 2. The summed E-state index contributed by atoms with van der Waals surface area (Å²) in [7, 11) is 1.76. The Morgan fingerprint density at radius 2 is 1.96 bits per heavy atom. The van der Waals surface area contributed by atoms with Gasteiger partial charge in [0.15, 0.2) is 17.3 Å². The normalized spacial score (nSPS) is 10.9. The van der Waals surface area contributed by atoms with Crippen molar-refractivity contribution in [1.29, 1.82) is 0 Å². The lowest BCUT2D eigenvalue weighted by Gasteiger charge is -1.99. The number of nitrogens with one attached hydrogen (secondary N) is 1. The van der Waals surface area contributed by atoms with Gasteiger partial charge in [-0.05, 0) is 24.3 Å². The Labute approximate surface area is 151 Å². The molecule has 0 saturated carbocycles. The predicted molar refractivity (Wildman–Crippen MR) is 99.4 cm³/mol. The van der Waals surface area contributed by atoms with Crippen LogP contribution in [0.2, 0.25) is 0 Å². The molecular formula is C18H12BrN5O. The third kappa shape index (κ3) is 2.57. The van der Waals surface area contributed by atoms with E-state index in [1.807, 2.05) is 30.3 Å². The van der Waals surface area contributed by atoms with Gasteiger partial charge in [0.2, 0.25) is 0 Å². The van der Waals surface area contributed by atoms with Gasteiger partial charge < -0.3 is 10.1 Å². The van der Waals surface area contributed by atoms with Crippen molar-refractivity contribution in [2.24, 2.45) is 7.05 Å². The molecule has 25 heavy (non-hydrogen) atoms. The lowest BCUT2D eigenvalue weighted by Crippen LogP contribution is -1.95. The van der Waals surface area contributed by atoms with Crippen molar-refractivity contribution in [2.45, 2.75) is 0 Å². The summed E-state index contributed by atoms with van der Waals surface area (Å²) in [5, 5.41) is 15.1. The van der Waals surface area contributed by atoms with Crippen LogP contribution >= 0.6 is 15.9 Å². The average Bonchev–Trinajstić information content (AvgIpc) is 3.15. The fourth-order valence-electron chi connectivity index (χ4n) is 2.76. The number of halogens is 1. The fourth-order valence-corrected chi connectivity index (χ4v) is 3.02. The zero-order valence-electron chi connectivity index (χ0n) is 13.2. The highest BCUT2D eigenvalue weighted by Gasteiger charge is 2.21. The van der Waals surface area contributed by atoms with Crippen LogP contribution in [0.1, 0.15) is 0 Å². The van der Waals surface area contributed by atoms with Crippen LogP contribution in [0.25, 0.3) is 38.7 Å². The van der Waals surface area contributed by atoms with Crippen LogP contribution in [0.3, 0.4) is 0 Å². The second kappa shape index (κ2) is 5.76. The van der Waals surface area contributed by atoms with Crippen molar-refractivity contribution in [2.75, 3.05) is 0 Å². The Morgan fingerprint density at radius 3 is 2.68 bits per heavy atom. The Hall–Kier alpha value is -3.11. The summed E-state index contributed by atoms with van der Waals surface area (Å²) in [5.41, 5.74) is 3.80. The molecule has 4 aromatic rings. The lowest BCUT2D eigenvalue weighted by molar-refractivity contribution is 0.478. The largest absolute Gasteiger partial charge is 0.504 e. The molecule has 2 heterocycles. The lowest BCUT2D eigenvalue weighted by atomic mass is 10.1. The zero-order valence-corrected chi connectivity index (χ0v) is 14.7. The summed E-state index contributed by atoms with van der Waals surface area (Å²) in [6.07, 6.45) is 0. The molecule has 6 nitrogen and oxygen atoms in total. The molecule has 0 saturated heterocycles. The number of benzene rings is 2. The third-order valence-electron chi connectivity index (χ3n) is 3.96. The molecule has 0 aliphatic heterocycles. The number of aryl methyl sites for hydroxylation is 1. The summed E-state index contributed by atoms with van der Waals surface area (Å²) >= 11 is 3.40. The van der Waals surface area contributed by atoms with Crippen LogP contribution in [-0.2, 0) is 7.05 Å². The molecule has 2 aromatic carbocycles. The number of nitrogens with zero attached hydrogens (tertiary/aromatic N) is 4. The van der Waals surface area contributed by atoms with E-state index >= 15 is 0 Å². The van der Waals surface area contributed by atoms with Gasteiger partial charge in [-0.15, -0.1) is 0 Å². The minimum Gasteiger partial charge on any atom is -0.504 e. The maximum atomic E-state index is 10.7. The van der Waals surface area contributed by atoms with Gasteiger partial charge in [0.05, 0.1) is 17.6 Å². The summed E-state index contributed by atoms with van der Waals surface area (Å²) in [6.45, 7) is 7.10. The second-order valence-electron chi connectivity index (χ2n) is 5.57. The van der Waals surface area contributed by atoms with Gasteiger partial charge in [0.25, 0.3) is 0 Å². The molecule has 122 valence electrons. The van der Waals surface area contributed by atoms with Gasteiger partial charge in [-0.3, -0.25) is 4.68 Å². The van der Waals surface area contributed by atoms with Crippen molar-refractivity contribution in [3.63, 3.8) is 0 Å². The van der Waals surface area contributed by atoms with Gasteiger partial charge >= 0.3 is 0 Å². The smallest absolute Gasteiger partial charge is 0.189 e. The van der Waals surface area contributed by atoms with Crippen molar-refractivity contribution in [3.05, 3.63) is 58.4 Å². The maximum absolute atomic E-state index is 10.7. The minimum absolute atomic E-state index is 0.0641. The van der Waals surface area contributed by atoms with E-state index in [1.54, 1.807) is 23.9 Å². The molecule has 0 fully saturated rings. The highest BCUT2D eigenvalue weighted by atomic mass is 79.9. The predicted octanol–water partition coefficient (Wildman–Crippen LogP) is 4.65. The fraction of sp³-hybridized carbons (Fsp3) is 0.0556. The second-order valence-corrected chi connectivity index (χ2v) is 6.49. The molecule has 4 rings (SSSR count). The van der Waals surface area contributed by atoms with Crippen molar-refractivity contribution >= 4 is 32.7 Å². The molecule has 2 N–H and O–H groups in total. The minimum atomic E-state index is 0.0641. The number of hydrogen-bond acceptors (Lipinski definition) is 3. The first kappa shape index (κ1) is 15.4. The Balaban J connectivity index is 1.86. The Kier molecular flexibility index (Phi) is 3.55. The number of fused-ring (bicyclic) bond motifs is 1. The van der Waals surface area contributed by atoms with Crippen LogP contribution in [-0.4, -0.2) is 24.9 Å². The van der Waals surface area contributed by atoms with E-state index in [0.717, 1.165) is 15.6 Å². The van der Waals surface area contributed by atoms with Gasteiger partial charge in [-0.2, -0.15) is 5.10 Å². The number of aromatic amines is 1. The summed E-state index contributed by atoms with van der Waals surface area (Å²) in [4.78, 5) is 11.1. The van der Waals surface area contributed by atoms with E-state index in [4.69, 9.17) is 6.57 Å². The van der Waals surface area contributed by atoms with Crippen molar-refractivity contribution in [3.8, 4) is 28.5 Å². The quantitative estimate of drug-likeness (QED) is 0.487. The van der Waals surface area contributed by atoms with Gasteiger partial charge in [-0.25, -0.2) is 9.83 Å². The molecule has 0 atom stereocenters. The van der Waals surface area contributed by atoms with E-state index in [0.29, 0.717) is 28.4 Å². The van der Waals surface area contributed by atoms with E-state index in [-0.39, 0.29) is 5.75 Å². The van der Waals surface area contributed by atoms with Gasteiger partial charge in [-0.1, -0.05) is 34.1 Å². The SMILES string of the molecule is [C-]#[N+]c1ccc2[nH]c(-c3c(O)c(-c4ccc(Br)cc4)nn3C)nc2c1. The molecule has 0 bridgehead atoms. The van der Waals surface area contributed by atoms with Crippen LogP contribution in [0.15, 0.2) is 46.9 Å². The molecule has 0 aliphatic carbocycles. The molecular weight excluding hydrogens is 382 g/mol. The number of H-pyrrole nitrogens is 1. The molecule has 0 radical (unpaired) electrons. The monoisotopic (exact) mass is 393 g/mol. The summed E-state index contributed by atoms with van der Waals surface area (Å²) in [5.74, 6) is 0.572. The first-order chi connectivity index (χ1) is 12.1. The van der Waals surface area contributed by atoms with Crippen LogP contribution < -0.4 is 0 Å². The number of aromatic nitrogens is 4. The first-order valence-electron chi connectivity index (χ1n) is 7.46. The molecule has 2 aromatic heterocycles. The topological polar surface area (TPSA) is 71.1 Å². The third-order valence-corrected chi connectivity index (χ3v) is 4.49. The van der Waals surface area contributed by atoms with E-state index in [9.17, 15) is 5.11 Å². The number of imidazole rings is 1. The molecule has 0 amide bonds. The average molecular weight is 394 g/mol. The maximum Gasteiger partial charge on any atom is 0.189 e. The Morgan fingerprint density at radius 1 is 1.20 bits per heavy atom. The number of hydrogen-bond donors (Lipinski definition) is 2. The van der Waals surface area contributed by atoms with Crippen LogP contribution in [0, 0.1) is 6.57 Å².